The molecule has 1 aliphatic heterocycles. The Morgan fingerprint density at radius 3 is 2.68 bits per heavy atom. The Morgan fingerprint density at radius 2 is 2.05 bits per heavy atom. The van der Waals surface area contributed by atoms with E-state index in [1.165, 1.54) is 32.1 Å². The Labute approximate surface area is 119 Å². The van der Waals surface area contributed by atoms with Crippen LogP contribution in [0.2, 0.25) is 0 Å². The minimum Gasteiger partial charge on any atom is -0.377 e. The van der Waals surface area contributed by atoms with E-state index in [0.29, 0.717) is 23.6 Å². The zero-order valence-corrected chi connectivity index (χ0v) is 13.2. The summed E-state index contributed by atoms with van der Waals surface area (Å²) in [6.45, 7) is 10.2. The Kier molecular flexibility index (Phi) is 5.27. The first-order chi connectivity index (χ1) is 9.04. The van der Waals surface area contributed by atoms with Crippen molar-refractivity contribution >= 4 is 0 Å². The Balaban J connectivity index is 1.98. The molecule has 3 unspecified atom stereocenters. The van der Waals surface area contributed by atoms with Gasteiger partial charge in [-0.25, -0.2) is 0 Å². The molecule has 3 atom stereocenters. The molecule has 1 saturated carbocycles. The topological polar surface area (TPSA) is 24.5 Å². The van der Waals surface area contributed by atoms with Gasteiger partial charge in [0.15, 0.2) is 0 Å². The van der Waals surface area contributed by atoms with Crippen LogP contribution in [0.1, 0.15) is 52.9 Å². The lowest BCUT2D eigenvalue weighted by molar-refractivity contribution is 0.0236. The van der Waals surface area contributed by atoms with E-state index in [0.717, 1.165) is 19.7 Å². The molecule has 0 bridgehead atoms. The number of likely N-dealkylation sites (N-methyl/N-ethyl adjacent to an activating group) is 2. The van der Waals surface area contributed by atoms with Gasteiger partial charge in [0.1, 0.15) is 0 Å². The predicted octanol–water partition coefficient (Wildman–Crippen LogP) is 2.65. The second-order valence-corrected chi connectivity index (χ2v) is 7.06. The molecule has 1 saturated heterocycles. The Hall–Kier alpha value is -0.120. The molecule has 1 N–H and O–H groups in total. The van der Waals surface area contributed by atoms with Crippen LogP contribution in [-0.4, -0.2) is 49.8 Å². The predicted molar refractivity (Wildman–Crippen MR) is 80.5 cm³/mol. The molecule has 0 amide bonds. The number of nitrogens with zero attached hydrogens (tertiary/aromatic N) is 1. The fraction of sp³-hybridized carbons (Fsp3) is 1.00. The first-order valence-corrected chi connectivity index (χ1v) is 8.10. The molecule has 0 aromatic heterocycles. The van der Waals surface area contributed by atoms with Crippen LogP contribution in [0, 0.1) is 5.41 Å². The third-order valence-electron chi connectivity index (χ3n) is 5.05. The fourth-order valence-corrected chi connectivity index (χ4v) is 3.96. The van der Waals surface area contributed by atoms with Gasteiger partial charge in [-0.1, -0.05) is 27.2 Å². The monoisotopic (exact) mass is 268 g/mol. The maximum atomic E-state index is 5.80. The molecule has 2 rings (SSSR count). The summed E-state index contributed by atoms with van der Waals surface area (Å²) in [6, 6.07) is 1.27. The zero-order valence-electron chi connectivity index (χ0n) is 13.2. The van der Waals surface area contributed by atoms with Gasteiger partial charge in [-0.05, 0) is 44.7 Å². The fourth-order valence-electron chi connectivity index (χ4n) is 3.96. The number of ether oxygens (including phenoxy) is 1. The van der Waals surface area contributed by atoms with Crippen LogP contribution in [-0.2, 0) is 4.74 Å². The van der Waals surface area contributed by atoms with Gasteiger partial charge < -0.3 is 10.1 Å². The summed E-state index contributed by atoms with van der Waals surface area (Å²) in [5.41, 5.74) is 0.406. The second kappa shape index (κ2) is 6.55. The highest BCUT2D eigenvalue weighted by Crippen LogP contribution is 2.37. The summed E-state index contributed by atoms with van der Waals surface area (Å²) in [5, 5.41) is 3.75. The van der Waals surface area contributed by atoms with Crippen molar-refractivity contribution in [3.05, 3.63) is 0 Å². The molecule has 19 heavy (non-hydrogen) atoms. The Morgan fingerprint density at radius 1 is 1.26 bits per heavy atom. The van der Waals surface area contributed by atoms with Crippen molar-refractivity contribution in [2.45, 2.75) is 71.1 Å². The first-order valence-electron chi connectivity index (χ1n) is 8.10. The van der Waals surface area contributed by atoms with Crippen LogP contribution < -0.4 is 5.32 Å². The van der Waals surface area contributed by atoms with Crippen LogP contribution in [0.5, 0.6) is 0 Å². The molecule has 0 spiro atoms. The van der Waals surface area contributed by atoms with Gasteiger partial charge in [-0.2, -0.15) is 0 Å². The van der Waals surface area contributed by atoms with Gasteiger partial charge in [-0.15, -0.1) is 0 Å². The average Bonchev–Trinajstić information content (AvgIpc) is 2.84. The molecular weight excluding hydrogens is 236 g/mol. The van der Waals surface area contributed by atoms with E-state index in [1.54, 1.807) is 0 Å². The van der Waals surface area contributed by atoms with Crippen molar-refractivity contribution in [1.82, 2.24) is 10.2 Å². The van der Waals surface area contributed by atoms with Crippen molar-refractivity contribution in [2.24, 2.45) is 5.41 Å². The molecule has 3 heteroatoms. The van der Waals surface area contributed by atoms with E-state index >= 15 is 0 Å². The summed E-state index contributed by atoms with van der Waals surface area (Å²) < 4.78 is 5.80. The smallest absolute Gasteiger partial charge is 0.0702 e. The number of hydrogen-bond donors (Lipinski definition) is 1. The van der Waals surface area contributed by atoms with E-state index in [-0.39, 0.29) is 0 Å². The van der Waals surface area contributed by atoms with E-state index in [9.17, 15) is 0 Å². The lowest BCUT2D eigenvalue weighted by atomic mass is 9.70. The summed E-state index contributed by atoms with van der Waals surface area (Å²) in [6.07, 6.45) is 6.98. The van der Waals surface area contributed by atoms with Crippen molar-refractivity contribution in [3.8, 4) is 0 Å². The average molecular weight is 268 g/mol. The quantitative estimate of drug-likeness (QED) is 0.829. The highest BCUT2D eigenvalue weighted by Gasteiger charge is 2.40. The highest BCUT2D eigenvalue weighted by atomic mass is 16.5. The summed E-state index contributed by atoms with van der Waals surface area (Å²) in [4.78, 5) is 2.56. The van der Waals surface area contributed by atoms with Gasteiger partial charge in [0.05, 0.1) is 6.10 Å². The van der Waals surface area contributed by atoms with Gasteiger partial charge in [0, 0.05) is 25.2 Å². The minimum absolute atomic E-state index is 0.406. The third kappa shape index (κ3) is 3.71. The van der Waals surface area contributed by atoms with Crippen LogP contribution in [0.25, 0.3) is 0 Å². The second-order valence-electron chi connectivity index (χ2n) is 7.06. The van der Waals surface area contributed by atoms with Crippen molar-refractivity contribution in [1.29, 1.82) is 0 Å². The molecular formula is C16H32N2O. The molecule has 3 nitrogen and oxygen atoms in total. The van der Waals surface area contributed by atoms with E-state index in [1.807, 2.05) is 0 Å². The van der Waals surface area contributed by atoms with E-state index < -0.39 is 0 Å². The molecule has 0 radical (unpaired) electrons. The van der Waals surface area contributed by atoms with Crippen LogP contribution in [0.4, 0.5) is 0 Å². The molecule has 2 fully saturated rings. The summed E-state index contributed by atoms with van der Waals surface area (Å²) in [5.74, 6) is 0. The normalized spacial score (nSPS) is 34.9. The van der Waals surface area contributed by atoms with E-state index in [4.69, 9.17) is 4.74 Å². The lowest BCUT2D eigenvalue weighted by Crippen LogP contribution is -2.58. The summed E-state index contributed by atoms with van der Waals surface area (Å²) in [7, 11) is 2.29. The Bertz CT molecular complexity index is 274. The molecule has 1 aliphatic carbocycles. The maximum absolute atomic E-state index is 5.80. The minimum atomic E-state index is 0.406. The van der Waals surface area contributed by atoms with Gasteiger partial charge >= 0.3 is 0 Å². The van der Waals surface area contributed by atoms with Gasteiger partial charge in [0.2, 0.25) is 0 Å². The molecule has 112 valence electrons. The third-order valence-corrected chi connectivity index (χ3v) is 5.05. The van der Waals surface area contributed by atoms with Gasteiger partial charge in [0.25, 0.3) is 0 Å². The standard InChI is InChI=1S/C16H32N2O/c1-5-17-15-14(9-6-10-16(15,2)3)18(4)12-13-8-7-11-19-13/h13-15,17H,5-12H2,1-4H3. The largest absolute Gasteiger partial charge is 0.377 e. The van der Waals surface area contributed by atoms with Crippen LogP contribution >= 0.6 is 0 Å². The molecule has 0 aromatic rings. The van der Waals surface area contributed by atoms with Crippen LogP contribution in [0.3, 0.4) is 0 Å². The lowest BCUT2D eigenvalue weighted by Gasteiger charge is -2.48. The highest BCUT2D eigenvalue weighted by molar-refractivity contribution is 4.97. The molecule has 1 heterocycles. The SMILES string of the molecule is CCNC1C(N(C)CC2CCCO2)CCCC1(C)C. The zero-order chi connectivity index (χ0) is 13.9. The van der Waals surface area contributed by atoms with Crippen molar-refractivity contribution in [3.63, 3.8) is 0 Å². The molecule has 2 aliphatic rings. The van der Waals surface area contributed by atoms with Crippen molar-refractivity contribution in [2.75, 3.05) is 26.7 Å². The first kappa shape index (κ1) is 15.3. The van der Waals surface area contributed by atoms with Crippen molar-refractivity contribution < 1.29 is 4.74 Å². The maximum Gasteiger partial charge on any atom is 0.0702 e. The number of nitrogens with one attached hydrogen (secondary N) is 1. The van der Waals surface area contributed by atoms with Crippen LogP contribution in [0.15, 0.2) is 0 Å². The number of hydrogen-bond acceptors (Lipinski definition) is 3. The van der Waals surface area contributed by atoms with Gasteiger partial charge in [-0.3, -0.25) is 4.90 Å². The summed E-state index contributed by atoms with van der Waals surface area (Å²) >= 11 is 0. The van der Waals surface area contributed by atoms with E-state index in [2.05, 4.69) is 38.0 Å². The number of rotatable bonds is 5. The molecule has 0 aromatic carbocycles.